The largest absolute Gasteiger partial charge is 0.456 e. The molecule has 178 valence electrons. The number of carbonyl (C=O) groups is 2. The van der Waals surface area contributed by atoms with E-state index in [4.69, 9.17) is 22.2 Å². The lowest BCUT2D eigenvalue weighted by Crippen LogP contribution is -2.36. The molecule has 9 heteroatoms. The lowest BCUT2D eigenvalue weighted by atomic mass is 9.73. The molecule has 1 aliphatic carbocycles. The summed E-state index contributed by atoms with van der Waals surface area (Å²) in [6, 6.07) is 4.11. The Morgan fingerprint density at radius 2 is 1.85 bits per heavy atom. The first-order chi connectivity index (χ1) is 15.8. The van der Waals surface area contributed by atoms with E-state index in [0.717, 1.165) is 66.6 Å². The van der Waals surface area contributed by atoms with Gasteiger partial charge in [-0.05, 0) is 55.9 Å². The first-order valence-corrected chi connectivity index (χ1v) is 11.6. The lowest BCUT2D eigenvalue weighted by Gasteiger charge is -2.31. The maximum Gasteiger partial charge on any atom is 0.336 e. The predicted octanol–water partition coefficient (Wildman–Crippen LogP) is 1.76. The number of rotatable bonds is 2. The van der Waals surface area contributed by atoms with Gasteiger partial charge in [0.2, 0.25) is 5.91 Å². The molecule has 4 aliphatic rings. The lowest BCUT2D eigenvalue weighted by molar-refractivity contribution is -0.138. The molecule has 1 amide bonds. The molecule has 1 aromatic carbocycles. The molecule has 3 aliphatic heterocycles. The van der Waals surface area contributed by atoms with Crippen LogP contribution in [0.1, 0.15) is 67.7 Å². The van der Waals surface area contributed by atoms with Gasteiger partial charge in [-0.2, -0.15) is 5.10 Å². The molecule has 1 aromatic rings. The fraction of sp³-hybridized carbons (Fsp3) is 0.542. The molecule has 0 radical (unpaired) electrons. The van der Waals surface area contributed by atoms with Crippen LogP contribution in [0.3, 0.4) is 0 Å². The minimum absolute atomic E-state index is 0.128. The van der Waals surface area contributed by atoms with Crippen LogP contribution in [0, 0.1) is 12.3 Å². The number of nitrogens with two attached hydrogens (primary N) is 3. The van der Waals surface area contributed by atoms with Crippen molar-refractivity contribution in [3.8, 4) is 0 Å². The Morgan fingerprint density at radius 3 is 2.45 bits per heavy atom. The molecular weight excluding hydrogens is 420 g/mol. The number of hydrazine groups is 1. The first-order valence-electron chi connectivity index (χ1n) is 11.6. The van der Waals surface area contributed by atoms with Crippen molar-refractivity contribution in [3.63, 3.8) is 0 Å². The fourth-order valence-corrected chi connectivity index (χ4v) is 5.44. The molecule has 3 heterocycles. The first kappa shape index (κ1) is 23.3. The highest BCUT2D eigenvalue weighted by Crippen LogP contribution is 2.46. The predicted molar refractivity (Wildman–Crippen MR) is 125 cm³/mol. The molecule has 5 rings (SSSR count). The molecule has 6 N–H and O–H groups in total. The number of nitrogens with zero attached hydrogens (tertiary/aromatic N) is 3. The Morgan fingerprint density at radius 1 is 1.12 bits per heavy atom. The van der Waals surface area contributed by atoms with Gasteiger partial charge in [0.05, 0.1) is 23.2 Å². The van der Waals surface area contributed by atoms with Gasteiger partial charge in [0.15, 0.2) is 5.84 Å². The molecule has 1 spiro atoms. The van der Waals surface area contributed by atoms with E-state index >= 15 is 0 Å². The van der Waals surface area contributed by atoms with Gasteiger partial charge in [0.1, 0.15) is 6.61 Å². The zero-order valence-electron chi connectivity index (χ0n) is 19.5. The van der Waals surface area contributed by atoms with E-state index in [9.17, 15) is 9.59 Å². The van der Waals surface area contributed by atoms with Crippen molar-refractivity contribution in [2.24, 2.45) is 27.9 Å². The van der Waals surface area contributed by atoms with Gasteiger partial charge in [-0.25, -0.2) is 10.6 Å². The number of aryl methyl sites for hydroxylation is 1. The van der Waals surface area contributed by atoms with E-state index in [-0.39, 0.29) is 23.9 Å². The molecule has 0 unspecified atom stereocenters. The summed E-state index contributed by atoms with van der Waals surface area (Å²) in [4.78, 5) is 25.9. The summed E-state index contributed by atoms with van der Waals surface area (Å²) in [6.07, 6.45) is 6.54. The molecular formula is C24H34N6O3. The standard InChI is InChI=1S/C14H19NO3.C10H15N5/c1-10-11(9-18-12(10)16)15-8-7-14(13(15)17)5-3-2-4-6-14;1-6-2-9-8(3-7(6)4-11)5-15(13)10(9)14-12/h2-9H2,1H3;2-3H,4-5,11-13H2,1H3/b;14-10-. The number of esters is 1. The Kier molecular flexibility index (Phi) is 6.45. The van der Waals surface area contributed by atoms with Crippen molar-refractivity contribution in [1.29, 1.82) is 0 Å². The Labute approximate surface area is 194 Å². The SMILES string of the molecule is CC1=C(N2CCC3(CCCCC3)C2=O)COC1=O.Cc1cc2c(cc1CN)CN(N)/C2=N\N. The third-order valence-electron chi connectivity index (χ3n) is 7.49. The minimum Gasteiger partial charge on any atom is -0.456 e. The van der Waals surface area contributed by atoms with Gasteiger partial charge >= 0.3 is 5.97 Å². The van der Waals surface area contributed by atoms with Gasteiger partial charge in [-0.15, -0.1) is 0 Å². The van der Waals surface area contributed by atoms with Gasteiger partial charge in [0.25, 0.3) is 0 Å². The average Bonchev–Trinajstić information content (AvgIpc) is 3.42. The number of amidine groups is 1. The Bertz CT molecular complexity index is 1030. The number of hydrazone groups is 1. The van der Waals surface area contributed by atoms with Crippen LogP contribution >= 0.6 is 0 Å². The number of amides is 1. The van der Waals surface area contributed by atoms with Crippen molar-refractivity contribution in [2.75, 3.05) is 13.2 Å². The monoisotopic (exact) mass is 454 g/mol. The van der Waals surface area contributed by atoms with E-state index in [1.165, 1.54) is 6.42 Å². The number of cyclic esters (lactones) is 1. The number of hydrogen-bond acceptors (Lipinski definition) is 7. The quantitative estimate of drug-likeness (QED) is 0.351. The highest BCUT2D eigenvalue weighted by atomic mass is 16.5. The van der Waals surface area contributed by atoms with E-state index < -0.39 is 0 Å². The smallest absolute Gasteiger partial charge is 0.336 e. The molecule has 9 nitrogen and oxygen atoms in total. The highest BCUT2D eigenvalue weighted by molar-refractivity contribution is 6.02. The summed E-state index contributed by atoms with van der Waals surface area (Å²) in [5, 5.41) is 5.24. The van der Waals surface area contributed by atoms with Crippen LogP contribution in [-0.4, -0.2) is 40.8 Å². The number of hydrogen-bond donors (Lipinski definition) is 3. The highest BCUT2D eigenvalue weighted by Gasteiger charge is 2.48. The molecule has 33 heavy (non-hydrogen) atoms. The molecule has 0 aromatic heterocycles. The third kappa shape index (κ3) is 4.11. The van der Waals surface area contributed by atoms with Crippen LogP contribution in [0.5, 0.6) is 0 Å². The van der Waals surface area contributed by atoms with Crippen LogP contribution in [0.25, 0.3) is 0 Å². The van der Waals surface area contributed by atoms with E-state index in [2.05, 4.69) is 11.2 Å². The van der Waals surface area contributed by atoms with Gasteiger partial charge in [-0.3, -0.25) is 9.80 Å². The number of likely N-dealkylation sites (tertiary alicyclic amines) is 1. The minimum atomic E-state index is -0.276. The van der Waals surface area contributed by atoms with Crippen molar-refractivity contribution >= 4 is 17.7 Å². The molecule has 1 saturated carbocycles. The van der Waals surface area contributed by atoms with E-state index in [1.807, 2.05) is 17.9 Å². The van der Waals surface area contributed by atoms with Crippen LogP contribution < -0.4 is 17.4 Å². The molecule has 0 atom stereocenters. The Hall–Kier alpha value is -2.91. The van der Waals surface area contributed by atoms with E-state index in [1.54, 1.807) is 11.9 Å². The van der Waals surface area contributed by atoms with Crippen molar-refractivity contribution in [2.45, 2.75) is 65.5 Å². The van der Waals surface area contributed by atoms with Gasteiger partial charge in [0, 0.05) is 18.7 Å². The summed E-state index contributed by atoms with van der Waals surface area (Å²) in [5.74, 6) is 11.7. The van der Waals surface area contributed by atoms with Crippen LogP contribution in [0.2, 0.25) is 0 Å². The second-order valence-corrected chi connectivity index (χ2v) is 9.42. The maximum absolute atomic E-state index is 12.6. The average molecular weight is 455 g/mol. The number of fused-ring (bicyclic) bond motifs is 1. The molecule has 2 fully saturated rings. The second-order valence-electron chi connectivity index (χ2n) is 9.42. The van der Waals surface area contributed by atoms with Crippen LogP contribution in [0.15, 0.2) is 28.5 Å². The molecule has 0 bridgehead atoms. The zero-order valence-corrected chi connectivity index (χ0v) is 19.5. The van der Waals surface area contributed by atoms with Crippen molar-refractivity contribution in [3.05, 3.63) is 45.7 Å². The summed E-state index contributed by atoms with van der Waals surface area (Å²) in [5.41, 5.74) is 11.4. The summed E-state index contributed by atoms with van der Waals surface area (Å²) in [6.45, 7) is 5.98. The van der Waals surface area contributed by atoms with Crippen molar-refractivity contribution in [1.82, 2.24) is 9.91 Å². The fourth-order valence-electron chi connectivity index (χ4n) is 5.44. The number of benzene rings is 1. The number of ether oxygens (including phenoxy) is 1. The van der Waals surface area contributed by atoms with Gasteiger partial charge < -0.3 is 21.2 Å². The van der Waals surface area contributed by atoms with Crippen LogP contribution in [0.4, 0.5) is 0 Å². The number of carbonyl (C=O) groups excluding carboxylic acids is 2. The Balaban J connectivity index is 0.000000160. The topological polar surface area (TPSA) is 140 Å². The van der Waals surface area contributed by atoms with Gasteiger partial charge in [-0.1, -0.05) is 25.3 Å². The summed E-state index contributed by atoms with van der Waals surface area (Å²) < 4.78 is 5.01. The van der Waals surface area contributed by atoms with E-state index in [0.29, 0.717) is 24.5 Å². The second kappa shape index (κ2) is 9.15. The maximum atomic E-state index is 12.6. The normalized spacial score (nSPS) is 22.7. The van der Waals surface area contributed by atoms with Crippen LogP contribution in [-0.2, 0) is 27.4 Å². The van der Waals surface area contributed by atoms with Crippen molar-refractivity contribution < 1.29 is 14.3 Å². The third-order valence-corrected chi connectivity index (χ3v) is 7.49. The molecule has 1 saturated heterocycles. The summed E-state index contributed by atoms with van der Waals surface area (Å²) >= 11 is 0. The summed E-state index contributed by atoms with van der Waals surface area (Å²) in [7, 11) is 0. The zero-order chi connectivity index (χ0) is 23.8.